The topological polar surface area (TPSA) is 56.6 Å². The normalized spacial score (nSPS) is 17.7. The van der Waals surface area contributed by atoms with Gasteiger partial charge in [0.1, 0.15) is 12.4 Å². The summed E-state index contributed by atoms with van der Waals surface area (Å²) in [6.45, 7) is 2.90. The Kier molecular flexibility index (Phi) is 6.72. The van der Waals surface area contributed by atoms with Gasteiger partial charge < -0.3 is 9.64 Å². The van der Waals surface area contributed by atoms with E-state index >= 15 is 0 Å². The molecule has 35 heavy (non-hydrogen) atoms. The number of para-hydroxylation sites is 1. The predicted octanol–water partition coefficient (Wildman–Crippen LogP) is 6.45. The third kappa shape index (κ3) is 4.75. The van der Waals surface area contributed by atoms with Crippen molar-refractivity contribution in [2.45, 2.75) is 25.9 Å². The summed E-state index contributed by atoms with van der Waals surface area (Å²) >= 11 is 7.77. The van der Waals surface area contributed by atoms with Gasteiger partial charge >= 0.3 is 0 Å². The quantitative estimate of drug-likeness (QED) is 0.402. The van der Waals surface area contributed by atoms with E-state index in [0.717, 1.165) is 21.8 Å². The van der Waals surface area contributed by atoms with Gasteiger partial charge in [-0.1, -0.05) is 71.9 Å². The number of benzene rings is 3. The van der Waals surface area contributed by atoms with Crippen LogP contribution in [0.15, 0.2) is 83.4 Å². The van der Waals surface area contributed by atoms with Gasteiger partial charge in [0.2, 0.25) is 5.91 Å². The Balaban J connectivity index is 1.34. The molecule has 5 nitrogen and oxygen atoms in total. The Morgan fingerprint density at radius 1 is 1.09 bits per heavy atom. The van der Waals surface area contributed by atoms with Crippen LogP contribution in [0.25, 0.3) is 0 Å². The predicted molar refractivity (Wildman–Crippen MR) is 140 cm³/mol. The number of amides is 1. The number of rotatable bonds is 5. The summed E-state index contributed by atoms with van der Waals surface area (Å²) in [6.07, 6.45) is 0.272. The molecule has 2 aliphatic rings. The zero-order chi connectivity index (χ0) is 24.4. The lowest BCUT2D eigenvalue weighted by Crippen LogP contribution is -2.47. The minimum absolute atomic E-state index is 0.0360. The van der Waals surface area contributed by atoms with E-state index in [1.54, 1.807) is 16.7 Å². The SMILES string of the molecule is Cc1ccccc1N1CSC2=C(C#N)C(c3ccc(OCc4ccccc4Cl)cc3)CC(=O)N2C1. The maximum absolute atomic E-state index is 13.2. The molecule has 2 aliphatic heterocycles. The summed E-state index contributed by atoms with van der Waals surface area (Å²) in [5.74, 6) is 1.18. The molecular formula is C28H24ClN3O2S. The van der Waals surface area contributed by atoms with Gasteiger partial charge in [-0.25, -0.2) is 0 Å². The highest BCUT2D eigenvalue weighted by atomic mass is 35.5. The number of nitriles is 1. The first-order valence-corrected chi connectivity index (χ1v) is 12.8. The number of aryl methyl sites for hydroxylation is 1. The van der Waals surface area contributed by atoms with Gasteiger partial charge in [0.05, 0.1) is 29.2 Å². The van der Waals surface area contributed by atoms with E-state index in [2.05, 4.69) is 30.0 Å². The van der Waals surface area contributed by atoms with Crippen molar-refractivity contribution in [2.75, 3.05) is 17.4 Å². The van der Waals surface area contributed by atoms with Gasteiger partial charge in [0, 0.05) is 28.6 Å². The second-order valence-corrected chi connectivity index (χ2v) is 9.94. The molecule has 0 bridgehead atoms. The largest absolute Gasteiger partial charge is 0.489 e. The lowest BCUT2D eigenvalue weighted by molar-refractivity contribution is -0.129. The van der Waals surface area contributed by atoms with Gasteiger partial charge in [-0.15, -0.1) is 0 Å². The van der Waals surface area contributed by atoms with E-state index in [-0.39, 0.29) is 18.2 Å². The van der Waals surface area contributed by atoms with Gasteiger partial charge in [0.15, 0.2) is 0 Å². The molecule has 1 amide bonds. The molecule has 1 saturated heterocycles. The fourth-order valence-electron chi connectivity index (χ4n) is 4.49. The van der Waals surface area contributed by atoms with Crippen molar-refractivity contribution in [3.8, 4) is 11.8 Å². The first kappa shape index (κ1) is 23.3. The molecule has 0 N–H and O–H groups in total. The number of hydrogen-bond acceptors (Lipinski definition) is 5. The highest BCUT2D eigenvalue weighted by Crippen LogP contribution is 2.43. The Hall–Kier alpha value is -3.40. The first-order chi connectivity index (χ1) is 17.0. The number of carbonyl (C=O) groups is 1. The standard InChI is InChI=1S/C28H24ClN3O2S/c1-19-6-2-5-9-26(19)31-17-32-27(33)14-23(24(15-30)28(32)35-18-31)20-10-12-22(13-11-20)34-16-21-7-3-4-8-25(21)29/h2-13,23H,14,16-18H2,1H3. The van der Waals surface area contributed by atoms with Crippen LogP contribution in [-0.2, 0) is 11.4 Å². The molecule has 3 aromatic rings. The highest BCUT2D eigenvalue weighted by molar-refractivity contribution is 8.03. The molecule has 7 heteroatoms. The number of thioether (sulfide) groups is 1. The minimum atomic E-state index is -0.256. The fourth-order valence-corrected chi connectivity index (χ4v) is 5.84. The average Bonchev–Trinajstić information content (AvgIpc) is 2.89. The number of halogens is 1. The molecule has 0 saturated carbocycles. The summed E-state index contributed by atoms with van der Waals surface area (Å²) in [5, 5.41) is 11.5. The third-order valence-corrected chi connectivity index (χ3v) is 7.91. The van der Waals surface area contributed by atoms with Gasteiger partial charge in [-0.3, -0.25) is 9.69 Å². The number of fused-ring (bicyclic) bond motifs is 1. The average molecular weight is 502 g/mol. The monoisotopic (exact) mass is 501 g/mol. The van der Waals surface area contributed by atoms with Crippen LogP contribution in [0, 0.1) is 18.3 Å². The van der Waals surface area contributed by atoms with Crippen LogP contribution in [0.5, 0.6) is 5.75 Å². The molecule has 5 rings (SSSR count). The maximum Gasteiger partial charge on any atom is 0.229 e. The van der Waals surface area contributed by atoms with Gasteiger partial charge in [-0.05, 0) is 42.3 Å². The molecule has 1 fully saturated rings. The number of anilines is 1. The highest BCUT2D eigenvalue weighted by Gasteiger charge is 2.38. The maximum atomic E-state index is 13.2. The van der Waals surface area contributed by atoms with Crippen LogP contribution in [0.2, 0.25) is 5.02 Å². The lowest BCUT2D eigenvalue weighted by atomic mass is 9.86. The molecule has 176 valence electrons. The fraction of sp³-hybridized carbons (Fsp3) is 0.214. The molecule has 0 spiro atoms. The van der Waals surface area contributed by atoms with E-state index < -0.39 is 0 Å². The molecule has 1 atom stereocenters. The molecule has 1 unspecified atom stereocenters. The smallest absolute Gasteiger partial charge is 0.229 e. The second-order valence-electron chi connectivity index (χ2n) is 8.60. The number of ether oxygens (including phenoxy) is 1. The molecule has 0 aromatic heterocycles. The van der Waals surface area contributed by atoms with Crippen LogP contribution < -0.4 is 9.64 Å². The number of carbonyl (C=O) groups excluding carboxylic acids is 1. The van der Waals surface area contributed by atoms with Crippen LogP contribution in [0.3, 0.4) is 0 Å². The Labute approximate surface area is 214 Å². The van der Waals surface area contributed by atoms with Crippen molar-refractivity contribution >= 4 is 35.0 Å². The summed E-state index contributed by atoms with van der Waals surface area (Å²) < 4.78 is 5.89. The number of hydrogen-bond donors (Lipinski definition) is 0. The van der Waals surface area contributed by atoms with Gasteiger partial charge in [0.25, 0.3) is 0 Å². The van der Waals surface area contributed by atoms with Crippen molar-refractivity contribution < 1.29 is 9.53 Å². The summed E-state index contributed by atoms with van der Waals surface area (Å²) in [6, 6.07) is 25.8. The van der Waals surface area contributed by atoms with E-state index in [1.165, 1.54) is 5.56 Å². The van der Waals surface area contributed by atoms with Crippen molar-refractivity contribution in [1.29, 1.82) is 5.26 Å². The van der Waals surface area contributed by atoms with Crippen LogP contribution in [-0.4, -0.2) is 23.4 Å². The lowest BCUT2D eigenvalue weighted by Gasteiger charge is -2.42. The Morgan fingerprint density at radius 2 is 1.83 bits per heavy atom. The van der Waals surface area contributed by atoms with Crippen molar-refractivity contribution in [2.24, 2.45) is 0 Å². The van der Waals surface area contributed by atoms with Crippen LogP contribution in [0.4, 0.5) is 5.69 Å². The summed E-state index contributed by atoms with van der Waals surface area (Å²) in [7, 11) is 0. The zero-order valence-corrected chi connectivity index (χ0v) is 20.9. The second kappa shape index (κ2) is 10.1. The molecule has 0 radical (unpaired) electrons. The molecule has 2 heterocycles. The first-order valence-electron chi connectivity index (χ1n) is 11.4. The Bertz CT molecular complexity index is 1330. The van der Waals surface area contributed by atoms with Crippen LogP contribution in [0.1, 0.15) is 29.0 Å². The van der Waals surface area contributed by atoms with Gasteiger partial charge in [-0.2, -0.15) is 5.26 Å². The summed E-state index contributed by atoms with van der Waals surface area (Å²) in [4.78, 5) is 17.1. The molecule has 3 aromatic carbocycles. The third-order valence-electron chi connectivity index (χ3n) is 6.38. The number of allylic oxidation sites excluding steroid dienone is 1. The van der Waals surface area contributed by atoms with Crippen molar-refractivity contribution in [1.82, 2.24) is 4.90 Å². The van der Waals surface area contributed by atoms with Crippen LogP contribution >= 0.6 is 23.4 Å². The number of nitrogens with zero attached hydrogens (tertiary/aromatic N) is 3. The minimum Gasteiger partial charge on any atom is -0.489 e. The van der Waals surface area contributed by atoms with Crippen molar-refractivity contribution in [3.05, 3.63) is 105 Å². The molecular weight excluding hydrogens is 478 g/mol. The van der Waals surface area contributed by atoms with E-state index in [9.17, 15) is 10.1 Å². The van der Waals surface area contributed by atoms with E-state index in [4.69, 9.17) is 16.3 Å². The summed E-state index contributed by atoms with van der Waals surface area (Å²) in [5.41, 5.74) is 4.79. The zero-order valence-electron chi connectivity index (χ0n) is 19.3. The molecule has 0 aliphatic carbocycles. The van der Waals surface area contributed by atoms with E-state index in [1.807, 2.05) is 60.7 Å². The van der Waals surface area contributed by atoms with E-state index in [0.29, 0.717) is 35.5 Å². The Morgan fingerprint density at radius 3 is 2.57 bits per heavy atom. The van der Waals surface area contributed by atoms with Crippen molar-refractivity contribution in [3.63, 3.8) is 0 Å².